The number of piperidine rings is 1. The Labute approximate surface area is 87.7 Å². The molecule has 1 aliphatic rings. The number of nitrogens with zero attached hydrogens (tertiary/aromatic N) is 1. The molecule has 1 amide bonds. The zero-order valence-electron chi connectivity index (χ0n) is 10.2. The highest BCUT2D eigenvalue weighted by atomic mass is 16.2. The van der Waals surface area contributed by atoms with Gasteiger partial charge in [-0.15, -0.1) is 0 Å². The molecule has 2 nitrogen and oxygen atoms in total. The second kappa shape index (κ2) is 3.56. The number of likely N-dealkylation sites (tertiary alicyclic amines) is 1. The van der Waals surface area contributed by atoms with Crippen LogP contribution in [0.25, 0.3) is 0 Å². The van der Waals surface area contributed by atoms with Crippen molar-refractivity contribution in [2.24, 2.45) is 5.41 Å². The average molecular weight is 197 g/mol. The molecule has 0 aromatic carbocycles. The molecule has 1 saturated heterocycles. The lowest BCUT2D eigenvalue weighted by atomic mass is 9.86. The average Bonchev–Trinajstić information content (AvgIpc) is 2.00. The summed E-state index contributed by atoms with van der Waals surface area (Å²) >= 11 is 0. The first-order valence-electron chi connectivity index (χ1n) is 5.57. The summed E-state index contributed by atoms with van der Waals surface area (Å²) < 4.78 is 0. The summed E-state index contributed by atoms with van der Waals surface area (Å²) in [6.45, 7) is 11.3. The van der Waals surface area contributed by atoms with Crippen molar-refractivity contribution in [3.63, 3.8) is 0 Å². The van der Waals surface area contributed by atoms with E-state index in [9.17, 15) is 4.79 Å². The fraction of sp³-hybridized carbons (Fsp3) is 0.917. The Bertz CT molecular complexity index is 225. The summed E-state index contributed by atoms with van der Waals surface area (Å²) in [5.74, 6) is 0.294. The maximum Gasteiger partial charge on any atom is 0.228 e. The van der Waals surface area contributed by atoms with Gasteiger partial charge in [0.15, 0.2) is 0 Å². The highest BCUT2D eigenvalue weighted by Crippen LogP contribution is 2.31. The van der Waals surface area contributed by atoms with Crippen molar-refractivity contribution >= 4 is 5.91 Å². The van der Waals surface area contributed by atoms with E-state index in [1.807, 2.05) is 20.8 Å². The number of rotatable bonds is 0. The second-order valence-electron chi connectivity index (χ2n) is 5.98. The summed E-state index contributed by atoms with van der Waals surface area (Å²) in [6, 6.07) is 0. The summed E-state index contributed by atoms with van der Waals surface area (Å²) in [6.07, 6.45) is 3.54. The molecule has 82 valence electrons. The molecule has 0 aliphatic carbocycles. The molecule has 1 aliphatic heterocycles. The molecule has 1 rings (SSSR count). The van der Waals surface area contributed by atoms with Gasteiger partial charge >= 0.3 is 0 Å². The molecular formula is C12H23NO. The standard InChI is InChI=1S/C12H23NO/c1-11(2,3)10(14)13-9-7-6-8-12(13,4)5/h6-9H2,1-5H3. The first kappa shape index (κ1) is 11.5. The van der Waals surface area contributed by atoms with E-state index in [0.29, 0.717) is 5.91 Å². The number of amides is 1. The highest BCUT2D eigenvalue weighted by Gasteiger charge is 2.37. The highest BCUT2D eigenvalue weighted by molar-refractivity contribution is 5.82. The largest absolute Gasteiger partial charge is 0.337 e. The third kappa shape index (κ3) is 2.28. The van der Waals surface area contributed by atoms with E-state index < -0.39 is 0 Å². The fourth-order valence-electron chi connectivity index (χ4n) is 2.05. The Morgan fingerprint density at radius 3 is 2.21 bits per heavy atom. The van der Waals surface area contributed by atoms with Crippen LogP contribution in [0.5, 0.6) is 0 Å². The molecule has 0 aromatic heterocycles. The number of hydrogen-bond donors (Lipinski definition) is 0. The normalized spacial score (nSPS) is 22.2. The van der Waals surface area contributed by atoms with Gasteiger partial charge < -0.3 is 4.90 Å². The van der Waals surface area contributed by atoms with Crippen molar-refractivity contribution in [2.45, 2.75) is 59.4 Å². The monoisotopic (exact) mass is 197 g/mol. The number of carbonyl (C=O) groups is 1. The summed E-state index contributed by atoms with van der Waals surface area (Å²) in [4.78, 5) is 14.2. The van der Waals surface area contributed by atoms with Crippen LogP contribution in [0.1, 0.15) is 53.9 Å². The molecule has 0 radical (unpaired) electrons. The lowest BCUT2D eigenvalue weighted by Crippen LogP contribution is -2.54. The van der Waals surface area contributed by atoms with Crippen LogP contribution < -0.4 is 0 Å². The molecule has 0 saturated carbocycles. The van der Waals surface area contributed by atoms with Gasteiger partial charge in [-0.25, -0.2) is 0 Å². The van der Waals surface area contributed by atoms with Gasteiger partial charge in [0.1, 0.15) is 0 Å². The van der Waals surface area contributed by atoms with Crippen molar-refractivity contribution in [1.29, 1.82) is 0 Å². The van der Waals surface area contributed by atoms with Gasteiger partial charge in [-0.05, 0) is 33.1 Å². The molecule has 1 fully saturated rings. The topological polar surface area (TPSA) is 20.3 Å². The lowest BCUT2D eigenvalue weighted by Gasteiger charge is -2.45. The van der Waals surface area contributed by atoms with Crippen molar-refractivity contribution in [3.8, 4) is 0 Å². The summed E-state index contributed by atoms with van der Waals surface area (Å²) in [5.41, 5.74) is -0.183. The quantitative estimate of drug-likeness (QED) is 0.585. The third-order valence-corrected chi connectivity index (χ3v) is 3.04. The maximum absolute atomic E-state index is 12.2. The van der Waals surface area contributed by atoms with Gasteiger partial charge in [0, 0.05) is 17.5 Å². The third-order valence-electron chi connectivity index (χ3n) is 3.04. The Morgan fingerprint density at radius 2 is 1.79 bits per heavy atom. The van der Waals surface area contributed by atoms with Gasteiger partial charge in [0.2, 0.25) is 5.91 Å². The fourth-order valence-corrected chi connectivity index (χ4v) is 2.05. The van der Waals surface area contributed by atoms with Crippen LogP contribution >= 0.6 is 0 Å². The van der Waals surface area contributed by atoms with E-state index >= 15 is 0 Å². The molecule has 1 heterocycles. The summed E-state index contributed by atoms with van der Waals surface area (Å²) in [5, 5.41) is 0. The van der Waals surface area contributed by atoms with E-state index in [1.165, 1.54) is 6.42 Å². The van der Waals surface area contributed by atoms with Crippen molar-refractivity contribution < 1.29 is 4.79 Å². The number of carbonyl (C=O) groups excluding carboxylic acids is 1. The minimum Gasteiger partial charge on any atom is -0.337 e. The number of hydrogen-bond acceptors (Lipinski definition) is 1. The summed E-state index contributed by atoms with van der Waals surface area (Å²) in [7, 11) is 0. The first-order valence-corrected chi connectivity index (χ1v) is 5.57. The Hall–Kier alpha value is -0.530. The Kier molecular flexibility index (Phi) is 2.93. The Morgan fingerprint density at radius 1 is 1.21 bits per heavy atom. The van der Waals surface area contributed by atoms with Crippen LogP contribution in [0.3, 0.4) is 0 Å². The molecule has 2 heteroatoms. The molecule has 0 bridgehead atoms. The van der Waals surface area contributed by atoms with E-state index in [-0.39, 0.29) is 11.0 Å². The van der Waals surface area contributed by atoms with Crippen molar-refractivity contribution in [2.75, 3.05) is 6.54 Å². The van der Waals surface area contributed by atoms with Gasteiger partial charge in [-0.2, -0.15) is 0 Å². The van der Waals surface area contributed by atoms with E-state index in [1.54, 1.807) is 0 Å². The second-order valence-corrected chi connectivity index (χ2v) is 5.98. The van der Waals surface area contributed by atoms with Gasteiger partial charge in [-0.1, -0.05) is 20.8 Å². The van der Waals surface area contributed by atoms with Crippen molar-refractivity contribution in [1.82, 2.24) is 4.90 Å². The molecule has 14 heavy (non-hydrogen) atoms. The smallest absolute Gasteiger partial charge is 0.228 e. The lowest BCUT2D eigenvalue weighted by molar-refractivity contribution is -0.147. The molecule has 0 atom stereocenters. The maximum atomic E-state index is 12.2. The van der Waals surface area contributed by atoms with Gasteiger partial charge in [-0.3, -0.25) is 4.79 Å². The van der Waals surface area contributed by atoms with Crippen LogP contribution in [-0.2, 0) is 4.79 Å². The first-order chi connectivity index (χ1) is 6.25. The molecule has 0 spiro atoms. The van der Waals surface area contributed by atoms with E-state index in [2.05, 4.69) is 18.7 Å². The SMILES string of the molecule is CC(C)(C)C(=O)N1CCCCC1(C)C. The van der Waals surface area contributed by atoms with Crippen molar-refractivity contribution in [3.05, 3.63) is 0 Å². The van der Waals surface area contributed by atoms with E-state index in [0.717, 1.165) is 19.4 Å². The zero-order valence-corrected chi connectivity index (χ0v) is 10.2. The molecule has 0 N–H and O–H groups in total. The van der Waals surface area contributed by atoms with Gasteiger partial charge in [0.25, 0.3) is 0 Å². The van der Waals surface area contributed by atoms with Gasteiger partial charge in [0.05, 0.1) is 0 Å². The minimum atomic E-state index is -0.241. The minimum absolute atomic E-state index is 0.0581. The Balaban J connectivity index is 2.80. The predicted molar refractivity (Wildman–Crippen MR) is 59.1 cm³/mol. The van der Waals surface area contributed by atoms with E-state index in [4.69, 9.17) is 0 Å². The van der Waals surface area contributed by atoms with Crippen LogP contribution in [0, 0.1) is 5.41 Å². The predicted octanol–water partition coefficient (Wildman–Crippen LogP) is 2.82. The molecular weight excluding hydrogens is 174 g/mol. The molecule has 0 aromatic rings. The van der Waals surface area contributed by atoms with Crippen LogP contribution in [0.4, 0.5) is 0 Å². The van der Waals surface area contributed by atoms with Crippen LogP contribution in [-0.4, -0.2) is 22.9 Å². The molecule has 0 unspecified atom stereocenters. The zero-order chi connectivity index (χ0) is 11.0. The van der Waals surface area contributed by atoms with Crippen LogP contribution in [0.2, 0.25) is 0 Å². The van der Waals surface area contributed by atoms with Crippen LogP contribution in [0.15, 0.2) is 0 Å².